The molecule has 0 atom stereocenters. The zero-order valence-electron chi connectivity index (χ0n) is 13.6. The van der Waals surface area contributed by atoms with E-state index >= 15 is 0 Å². The van der Waals surface area contributed by atoms with Crippen LogP contribution < -0.4 is 9.99 Å². The molecule has 122 valence electrons. The first-order valence-electron chi connectivity index (χ1n) is 7.62. The van der Waals surface area contributed by atoms with Crippen LogP contribution in [-0.2, 0) is 11.8 Å². The van der Waals surface area contributed by atoms with Crippen LogP contribution in [0.2, 0.25) is 0 Å². The van der Waals surface area contributed by atoms with Crippen LogP contribution in [0.25, 0.3) is 11.0 Å². The molecule has 5 nitrogen and oxygen atoms in total. The number of amides is 1. The molecule has 0 unspecified atom stereocenters. The Bertz CT molecular complexity index is 901. The van der Waals surface area contributed by atoms with Gasteiger partial charge in [0.25, 0.3) is 5.91 Å². The summed E-state index contributed by atoms with van der Waals surface area (Å²) < 4.78 is 2.05. The molecule has 0 aliphatic heterocycles. The lowest BCUT2D eigenvalue weighted by Gasteiger charge is -1.99. The van der Waals surface area contributed by atoms with Crippen molar-refractivity contribution in [2.24, 2.45) is 12.1 Å². The number of benzene rings is 2. The fourth-order valence-electron chi connectivity index (χ4n) is 2.38. The summed E-state index contributed by atoms with van der Waals surface area (Å²) in [5.74, 6) is 0.162. The van der Waals surface area contributed by atoms with Gasteiger partial charge in [0, 0.05) is 0 Å². The van der Waals surface area contributed by atoms with Crippen molar-refractivity contribution in [3.8, 4) is 0 Å². The molecular formula is C18H19N4OS+. The normalized spacial score (nSPS) is 11.2. The van der Waals surface area contributed by atoms with Crippen molar-refractivity contribution in [1.29, 1.82) is 0 Å². The highest BCUT2D eigenvalue weighted by Crippen LogP contribution is 2.16. The molecule has 1 amide bonds. The molecule has 0 aliphatic carbocycles. The summed E-state index contributed by atoms with van der Waals surface area (Å²) >= 11 is 1.45. The molecule has 2 N–H and O–H groups in total. The largest absolute Gasteiger partial charge is 0.317 e. The van der Waals surface area contributed by atoms with E-state index in [0.717, 1.165) is 27.3 Å². The third kappa shape index (κ3) is 3.65. The van der Waals surface area contributed by atoms with Gasteiger partial charge in [-0.25, -0.2) is 15.0 Å². The predicted octanol–water partition coefficient (Wildman–Crippen LogP) is 2.54. The van der Waals surface area contributed by atoms with Crippen LogP contribution in [-0.4, -0.2) is 22.9 Å². The number of aryl methyl sites for hydroxylation is 2. The lowest BCUT2D eigenvalue weighted by molar-refractivity contribution is -0.683. The lowest BCUT2D eigenvalue weighted by atomic mass is 10.1. The van der Waals surface area contributed by atoms with E-state index in [-0.39, 0.29) is 5.91 Å². The Balaban J connectivity index is 1.57. The van der Waals surface area contributed by atoms with Crippen LogP contribution in [0, 0.1) is 6.92 Å². The second kappa shape index (κ2) is 7.31. The summed E-state index contributed by atoms with van der Waals surface area (Å²) in [5, 5.41) is 4.96. The number of hydrogen-bond donors (Lipinski definition) is 2. The number of aromatic nitrogens is 2. The number of thioether (sulfide) groups is 1. The number of imidazole rings is 1. The molecule has 1 heterocycles. The van der Waals surface area contributed by atoms with Crippen molar-refractivity contribution in [3.63, 3.8) is 0 Å². The maximum absolute atomic E-state index is 11.9. The number of nitrogens with one attached hydrogen (secondary N) is 2. The number of carbonyl (C=O) groups excluding carboxylic acids is 1. The Morgan fingerprint density at radius 3 is 2.79 bits per heavy atom. The number of hydrazone groups is 1. The van der Waals surface area contributed by atoms with Crippen LogP contribution >= 0.6 is 11.8 Å². The van der Waals surface area contributed by atoms with Gasteiger partial charge in [-0.05, 0) is 41.9 Å². The van der Waals surface area contributed by atoms with Crippen molar-refractivity contribution in [2.75, 3.05) is 5.75 Å². The molecule has 0 bridgehead atoms. The topological polar surface area (TPSA) is 61.1 Å². The maximum Gasteiger partial charge on any atom is 0.317 e. The summed E-state index contributed by atoms with van der Waals surface area (Å²) in [6.07, 6.45) is 1.67. The minimum absolute atomic E-state index is 0.136. The van der Waals surface area contributed by atoms with Crippen molar-refractivity contribution in [2.45, 2.75) is 12.1 Å². The van der Waals surface area contributed by atoms with E-state index < -0.39 is 0 Å². The summed E-state index contributed by atoms with van der Waals surface area (Å²) in [4.78, 5) is 15.3. The van der Waals surface area contributed by atoms with E-state index in [0.29, 0.717) is 5.75 Å². The van der Waals surface area contributed by atoms with Crippen LogP contribution in [0.4, 0.5) is 0 Å². The lowest BCUT2D eigenvalue weighted by Crippen LogP contribution is -2.30. The average Bonchev–Trinajstić information content (AvgIpc) is 2.91. The predicted molar refractivity (Wildman–Crippen MR) is 97.1 cm³/mol. The first-order valence-corrected chi connectivity index (χ1v) is 8.61. The van der Waals surface area contributed by atoms with Crippen LogP contribution in [0.15, 0.2) is 58.8 Å². The molecule has 3 aromatic rings. The second-order valence-corrected chi connectivity index (χ2v) is 6.41. The standard InChI is InChI=1S/C18H18N4OS/c1-13-7-3-4-8-14(13)11-19-21-17(23)12-24-18-20-15-9-5-6-10-16(15)22(18)2/h3-11H,12H2,1-2H3,(H,21,23)/p+1. The van der Waals surface area contributed by atoms with Gasteiger partial charge in [0.15, 0.2) is 11.0 Å². The third-order valence-electron chi connectivity index (χ3n) is 3.73. The zero-order valence-corrected chi connectivity index (χ0v) is 14.4. The van der Waals surface area contributed by atoms with Crippen LogP contribution in [0.5, 0.6) is 0 Å². The highest BCUT2D eigenvalue weighted by molar-refractivity contribution is 7.99. The van der Waals surface area contributed by atoms with Gasteiger partial charge >= 0.3 is 5.16 Å². The van der Waals surface area contributed by atoms with E-state index in [9.17, 15) is 4.79 Å². The van der Waals surface area contributed by atoms with E-state index in [1.807, 2.05) is 67.1 Å². The average molecular weight is 339 g/mol. The van der Waals surface area contributed by atoms with E-state index in [1.165, 1.54) is 11.8 Å². The van der Waals surface area contributed by atoms with Crippen LogP contribution in [0.1, 0.15) is 11.1 Å². The van der Waals surface area contributed by atoms with Gasteiger partial charge in [0.1, 0.15) is 0 Å². The monoisotopic (exact) mass is 339 g/mol. The SMILES string of the molecule is Cc1ccccc1C=NNC(=O)CSc1[nH]c2ccccc2[n+]1C. The van der Waals surface area contributed by atoms with E-state index in [4.69, 9.17) is 0 Å². The maximum atomic E-state index is 11.9. The number of para-hydroxylation sites is 2. The van der Waals surface area contributed by atoms with E-state index in [1.54, 1.807) is 6.21 Å². The van der Waals surface area contributed by atoms with Crippen molar-refractivity contribution in [1.82, 2.24) is 10.4 Å². The van der Waals surface area contributed by atoms with E-state index in [2.05, 4.69) is 15.5 Å². The van der Waals surface area contributed by atoms with Gasteiger partial charge in [0.2, 0.25) is 0 Å². The Morgan fingerprint density at radius 2 is 2.00 bits per heavy atom. The fourth-order valence-corrected chi connectivity index (χ4v) is 3.19. The Labute approximate surface area is 144 Å². The van der Waals surface area contributed by atoms with Gasteiger partial charge in [-0.1, -0.05) is 36.4 Å². The quantitative estimate of drug-likeness (QED) is 0.325. The van der Waals surface area contributed by atoms with Crippen molar-refractivity contribution >= 4 is 34.9 Å². The molecule has 2 aromatic carbocycles. The van der Waals surface area contributed by atoms with Gasteiger partial charge in [-0.2, -0.15) is 5.10 Å². The molecule has 0 saturated heterocycles. The summed E-state index contributed by atoms with van der Waals surface area (Å²) in [6, 6.07) is 15.9. The van der Waals surface area contributed by atoms with Crippen molar-refractivity contribution < 1.29 is 9.36 Å². The number of nitrogens with zero attached hydrogens (tertiary/aromatic N) is 2. The molecular weight excluding hydrogens is 320 g/mol. The number of rotatable bonds is 5. The Hall–Kier alpha value is -2.60. The number of aromatic amines is 1. The number of fused-ring (bicyclic) bond motifs is 1. The summed E-state index contributed by atoms with van der Waals surface area (Å²) in [6.45, 7) is 2.01. The molecule has 1 aromatic heterocycles. The number of carbonyl (C=O) groups is 1. The minimum atomic E-state index is -0.136. The van der Waals surface area contributed by atoms with Gasteiger partial charge in [-0.15, -0.1) is 0 Å². The minimum Gasteiger partial charge on any atom is -0.272 e. The Morgan fingerprint density at radius 1 is 1.25 bits per heavy atom. The number of H-pyrrole nitrogens is 1. The van der Waals surface area contributed by atoms with Crippen molar-refractivity contribution in [3.05, 3.63) is 59.7 Å². The highest BCUT2D eigenvalue weighted by Gasteiger charge is 2.16. The first kappa shape index (κ1) is 16.3. The van der Waals surface area contributed by atoms with Gasteiger partial charge in [-0.3, -0.25) is 4.79 Å². The highest BCUT2D eigenvalue weighted by atomic mass is 32.2. The summed E-state index contributed by atoms with van der Waals surface area (Å²) in [5.41, 5.74) is 6.85. The summed E-state index contributed by atoms with van der Waals surface area (Å²) in [7, 11) is 1.98. The molecule has 6 heteroatoms. The molecule has 0 saturated carbocycles. The molecule has 0 aliphatic rings. The first-order chi connectivity index (χ1) is 11.6. The molecule has 3 rings (SSSR count). The smallest absolute Gasteiger partial charge is 0.272 e. The van der Waals surface area contributed by atoms with Gasteiger partial charge in [0.05, 0.1) is 19.0 Å². The van der Waals surface area contributed by atoms with Gasteiger partial charge < -0.3 is 0 Å². The molecule has 24 heavy (non-hydrogen) atoms. The zero-order chi connectivity index (χ0) is 16.9. The Kier molecular flexibility index (Phi) is 4.96. The second-order valence-electron chi connectivity index (χ2n) is 5.44. The molecule has 0 radical (unpaired) electrons. The molecule has 0 fully saturated rings. The third-order valence-corrected chi connectivity index (χ3v) is 4.79. The molecule has 0 spiro atoms. The van der Waals surface area contributed by atoms with Crippen LogP contribution in [0.3, 0.4) is 0 Å². The fraction of sp³-hybridized carbons (Fsp3) is 0.167. The number of hydrogen-bond acceptors (Lipinski definition) is 3.